The number of hydrogen-bond donors (Lipinski definition) is 1. The molecule has 0 radical (unpaired) electrons. The van der Waals surface area contributed by atoms with E-state index < -0.39 is 0 Å². The van der Waals surface area contributed by atoms with E-state index in [0.29, 0.717) is 5.92 Å². The molecule has 0 aliphatic rings. The van der Waals surface area contributed by atoms with Gasteiger partial charge in [-0.15, -0.1) is 11.3 Å². The number of rotatable bonds is 2. The quantitative estimate of drug-likeness (QED) is 0.774. The minimum Gasteiger partial charge on any atom is -0.330 e. The minimum absolute atomic E-state index is 0.270. The molecule has 1 heterocycles. The van der Waals surface area contributed by atoms with Crippen molar-refractivity contribution in [1.82, 2.24) is 0 Å². The smallest absolute Gasteiger partial charge is 0.0104 e. The summed E-state index contributed by atoms with van der Waals surface area (Å²) >= 11 is 1.87. The molecule has 0 aliphatic carbocycles. The summed E-state index contributed by atoms with van der Waals surface area (Å²) in [5.41, 5.74) is 6.08. The Morgan fingerprint density at radius 3 is 2.31 bits per heavy atom. The van der Waals surface area contributed by atoms with E-state index in [-0.39, 0.29) is 5.41 Å². The molecule has 0 aliphatic heterocycles. The lowest BCUT2D eigenvalue weighted by Crippen LogP contribution is -2.25. The molecule has 1 aromatic rings. The fourth-order valence-electron chi connectivity index (χ4n) is 1.54. The molecule has 1 unspecified atom stereocenters. The van der Waals surface area contributed by atoms with Gasteiger partial charge in [0.05, 0.1) is 0 Å². The van der Waals surface area contributed by atoms with Gasteiger partial charge in [-0.3, -0.25) is 0 Å². The first kappa shape index (κ1) is 10.7. The number of aryl methyl sites for hydroxylation is 1. The third-order valence-electron chi connectivity index (χ3n) is 2.39. The zero-order valence-corrected chi connectivity index (χ0v) is 9.74. The molecule has 0 amide bonds. The van der Waals surface area contributed by atoms with Crippen molar-refractivity contribution in [3.63, 3.8) is 0 Å². The van der Waals surface area contributed by atoms with E-state index in [1.165, 1.54) is 9.75 Å². The van der Waals surface area contributed by atoms with Gasteiger partial charge < -0.3 is 5.73 Å². The summed E-state index contributed by atoms with van der Waals surface area (Å²) in [4.78, 5) is 2.80. The van der Waals surface area contributed by atoms with E-state index in [1.54, 1.807) is 0 Å². The monoisotopic (exact) mass is 197 g/mol. The Kier molecular flexibility index (Phi) is 3.14. The third-order valence-corrected chi connectivity index (χ3v) is 3.50. The largest absolute Gasteiger partial charge is 0.330 e. The topological polar surface area (TPSA) is 26.0 Å². The fraction of sp³-hybridized carbons (Fsp3) is 0.636. The number of hydrogen-bond acceptors (Lipinski definition) is 2. The summed E-state index contributed by atoms with van der Waals surface area (Å²) in [6.45, 7) is 9.63. The molecule has 2 heteroatoms. The first-order chi connectivity index (χ1) is 5.95. The molecule has 1 nitrogen and oxygen atoms in total. The molecule has 0 saturated heterocycles. The molecule has 1 aromatic heterocycles. The second kappa shape index (κ2) is 3.81. The van der Waals surface area contributed by atoms with Gasteiger partial charge in [-0.2, -0.15) is 0 Å². The lowest BCUT2D eigenvalue weighted by Gasteiger charge is -2.28. The lowest BCUT2D eigenvalue weighted by molar-refractivity contribution is 0.329. The van der Waals surface area contributed by atoms with Crippen LogP contribution in [0.2, 0.25) is 0 Å². The molecule has 0 saturated carbocycles. The SMILES string of the molecule is Cc1ccc(C(CN)C(C)(C)C)s1. The molecule has 74 valence electrons. The minimum atomic E-state index is 0.270. The van der Waals surface area contributed by atoms with Crippen LogP contribution in [0.15, 0.2) is 12.1 Å². The van der Waals surface area contributed by atoms with Gasteiger partial charge in [0.15, 0.2) is 0 Å². The Hall–Kier alpha value is -0.340. The summed E-state index contributed by atoms with van der Waals surface area (Å²) in [6, 6.07) is 4.39. The zero-order valence-electron chi connectivity index (χ0n) is 8.92. The van der Waals surface area contributed by atoms with Gasteiger partial charge >= 0.3 is 0 Å². The maximum absolute atomic E-state index is 5.81. The average molecular weight is 197 g/mol. The molecule has 1 atom stereocenters. The maximum atomic E-state index is 5.81. The highest BCUT2D eigenvalue weighted by Gasteiger charge is 2.25. The van der Waals surface area contributed by atoms with E-state index in [2.05, 4.69) is 39.8 Å². The molecule has 0 aromatic carbocycles. The van der Waals surface area contributed by atoms with Crippen LogP contribution in [0.25, 0.3) is 0 Å². The van der Waals surface area contributed by atoms with Gasteiger partial charge in [0.25, 0.3) is 0 Å². The summed E-state index contributed by atoms with van der Waals surface area (Å²) in [5, 5.41) is 0. The highest BCUT2D eigenvalue weighted by Crippen LogP contribution is 2.37. The molecule has 0 spiro atoms. The van der Waals surface area contributed by atoms with Crippen LogP contribution in [0.5, 0.6) is 0 Å². The molecular weight excluding hydrogens is 178 g/mol. The van der Waals surface area contributed by atoms with Gasteiger partial charge in [0.2, 0.25) is 0 Å². The van der Waals surface area contributed by atoms with Crippen molar-refractivity contribution in [2.45, 2.75) is 33.6 Å². The van der Waals surface area contributed by atoms with Crippen molar-refractivity contribution in [2.24, 2.45) is 11.1 Å². The number of thiophene rings is 1. The van der Waals surface area contributed by atoms with E-state index in [9.17, 15) is 0 Å². The van der Waals surface area contributed by atoms with Crippen LogP contribution in [0.4, 0.5) is 0 Å². The average Bonchev–Trinajstić information content (AvgIpc) is 2.34. The van der Waals surface area contributed by atoms with Gasteiger partial charge in [0, 0.05) is 22.2 Å². The van der Waals surface area contributed by atoms with Crippen molar-refractivity contribution in [3.8, 4) is 0 Å². The van der Waals surface area contributed by atoms with Crippen LogP contribution >= 0.6 is 11.3 Å². The summed E-state index contributed by atoms with van der Waals surface area (Å²) in [7, 11) is 0. The Labute approximate surface area is 85.0 Å². The van der Waals surface area contributed by atoms with Gasteiger partial charge in [-0.1, -0.05) is 20.8 Å². The normalized spacial score (nSPS) is 14.5. The standard InChI is InChI=1S/C11H19NS/c1-8-5-6-10(13-8)9(7-12)11(2,3)4/h5-6,9H,7,12H2,1-4H3. The maximum Gasteiger partial charge on any atom is 0.0104 e. The molecule has 13 heavy (non-hydrogen) atoms. The summed E-state index contributed by atoms with van der Waals surface area (Å²) in [6.07, 6.45) is 0. The first-order valence-corrected chi connectivity index (χ1v) is 5.53. The Balaban J connectivity index is 2.91. The predicted octanol–water partition coefficient (Wildman–Crippen LogP) is 3.14. The Bertz CT molecular complexity index is 270. The van der Waals surface area contributed by atoms with Crippen LogP contribution in [0.3, 0.4) is 0 Å². The first-order valence-electron chi connectivity index (χ1n) is 4.71. The van der Waals surface area contributed by atoms with Crippen LogP contribution in [-0.4, -0.2) is 6.54 Å². The molecule has 0 fully saturated rings. The van der Waals surface area contributed by atoms with Crippen molar-refractivity contribution in [1.29, 1.82) is 0 Å². The van der Waals surface area contributed by atoms with Crippen molar-refractivity contribution >= 4 is 11.3 Å². The molecule has 1 rings (SSSR count). The molecule has 0 bridgehead atoms. The summed E-state index contributed by atoms with van der Waals surface area (Å²) in [5.74, 6) is 0.492. The molecular formula is C11H19NS. The third kappa shape index (κ3) is 2.55. The molecule has 2 N–H and O–H groups in total. The second-order valence-corrected chi connectivity index (χ2v) is 5.92. The predicted molar refractivity (Wildman–Crippen MR) is 60.3 cm³/mol. The van der Waals surface area contributed by atoms with E-state index in [1.807, 2.05) is 11.3 Å². The van der Waals surface area contributed by atoms with E-state index in [4.69, 9.17) is 5.73 Å². The highest BCUT2D eigenvalue weighted by atomic mass is 32.1. The van der Waals surface area contributed by atoms with E-state index in [0.717, 1.165) is 6.54 Å². The Morgan fingerprint density at radius 2 is 2.00 bits per heavy atom. The Morgan fingerprint density at radius 1 is 1.38 bits per heavy atom. The number of nitrogens with two attached hydrogens (primary N) is 1. The lowest BCUT2D eigenvalue weighted by atomic mass is 9.80. The van der Waals surface area contributed by atoms with Crippen LogP contribution < -0.4 is 5.73 Å². The highest BCUT2D eigenvalue weighted by molar-refractivity contribution is 7.12. The van der Waals surface area contributed by atoms with Crippen molar-refractivity contribution in [3.05, 3.63) is 21.9 Å². The van der Waals surface area contributed by atoms with Gasteiger partial charge in [-0.05, 0) is 24.5 Å². The van der Waals surface area contributed by atoms with E-state index >= 15 is 0 Å². The van der Waals surface area contributed by atoms with Crippen LogP contribution in [-0.2, 0) is 0 Å². The van der Waals surface area contributed by atoms with Crippen molar-refractivity contribution < 1.29 is 0 Å². The van der Waals surface area contributed by atoms with Crippen LogP contribution in [0, 0.1) is 12.3 Å². The van der Waals surface area contributed by atoms with Gasteiger partial charge in [-0.25, -0.2) is 0 Å². The zero-order chi connectivity index (χ0) is 10.1. The van der Waals surface area contributed by atoms with Gasteiger partial charge in [0.1, 0.15) is 0 Å². The second-order valence-electron chi connectivity index (χ2n) is 4.60. The summed E-state index contributed by atoms with van der Waals surface area (Å²) < 4.78 is 0. The van der Waals surface area contributed by atoms with Crippen molar-refractivity contribution in [2.75, 3.05) is 6.54 Å². The fourth-order valence-corrected chi connectivity index (χ4v) is 2.77. The van der Waals surface area contributed by atoms with Crippen LogP contribution in [0.1, 0.15) is 36.4 Å².